The molecule has 1 N–H and O–H groups in total. The van der Waals surface area contributed by atoms with Crippen LogP contribution in [0.25, 0.3) is 10.9 Å². The van der Waals surface area contributed by atoms with Gasteiger partial charge in [-0.2, -0.15) is 0 Å². The number of pyridine rings is 1. The zero-order chi connectivity index (χ0) is 22.6. The standard InChI is InChI=1S/C22H22F4N4O/c1-12(14-5-4-6-16(19(14)24)21(3,25)26)27-20-15-10-30(22(11-23)7-8-22)18(31)9-17(15)28-13(2)29-20/h4-6,9-10,12H,7-8,11H2,1-3H3,(H,27,28,29)/t12-/m1/s1. The number of fused-ring (bicyclic) bond motifs is 1. The van der Waals surface area contributed by atoms with E-state index in [4.69, 9.17) is 0 Å². The van der Waals surface area contributed by atoms with E-state index in [9.17, 15) is 22.4 Å². The van der Waals surface area contributed by atoms with Crippen molar-refractivity contribution < 1.29 is 17.6 Å². The lowest BCUT2D eigenvalue weighted by atomic mass is 10.0. The summed E-state index contributed by atoms with van der Waals surface area (Å²) in [5, 5.41) is 3.52. The van der Waals surface area contributed by atoms with E-state index in [1.165, 1.54) is 29.0 Å². The fraction of sp³-hybridized carbons (Fsp3) is 0.409. The molecule has 0 amide bonds. The molecule has 5 nitrogen and oxygen atoms in total. The number of alkyl halides is 3. The van der Waals surface area contributed by atoms with Crippen molar-refractivity contribution >= 4 is 16.7 Å². The average Bonchev–Trinajstić information content (AvgIpc) is 3.47. The van der Waals surface area contributed by atoms with Gasteiger partial charge in [-0.15, -0.1) is 0 Å². The third-order valence-corrected chi connectivity index (χ3v) is 5.75. The molecule has 1 aliphatic carbocycles. The summed E-state index contributed by atoms with van der Waals surface area (Å²) in [6.45, 7) is 3.25. The van der Waals surface area contributed by atoms with Crippen LogP contribution < -0.4 is 10.9 Å². The van der Waals surface area contributed by atoms with Crippen LogP contribution in [0.5, 0.6) is 0 Å². The Bertz CT molecular complexity index is 1210. The summed E-state index contributed by atoms with van der Waals surface area (Å²) < 4.78 is 57.2. The summed E-state index contributed by atoms with van der Waals surface area (Å²) in [7, 11) is 0. The van der Waals surface area contributed by atoms with E-state index in [0.29, 0.717) is 42.3 Å². The van der Waals surface area contributed by atoms with E-state index in [0.717, 1.165) is 6.07 Å². The van der Waals surface area contributed by atoms with Gasteiger partial charge in [0.25, 0.3) is 11.5 Å². The minimum atomic E-state index is -3.32. The van der Waals surface area contributed by atoms with Gasteiger partial charge in [-0.05, 0) is 26.7 Å². The molecule has 0 unspecified atom stereocenters. The Morgan fingerprint density at radius 2 is 2.00 bits per heavy atom. The van der Waals surface area contributed by atoms with Gasteiger partial charge in [0.1, 0.15) is 24.1 Å². The van der Waals surface area contributed by atoms with Crippen molar-refractivity contribution in [2.75, 3.05) is 12.0 Å². The van der Waals surface area contributed by atoms with Crippen LogP contribution in [0, 0.1) is 12.7 Å². The van der Waals surface area contributed by atoms with Gasteiger partial charge in [0.15, 0.2) is 0 Å². The molecular weight excluding hydrogens is 412 g/mol. The fourth-order valence-electron chi connectivity index (χ4n) is 3.79. The van der Waals surface area contributed by atoms with Crippen LogP contribution in [0.2, 0.25) is 0 Å². The SMILES string of the molecule is Cc1nc(N[C@H](C)c2cccc(C(C)(F)F)c2F)c2cn(C3(CF)CC3)c(=O)cc2n1. The lowest BCUT2D eigenvalue weighted by Crippen LogP contribution is -2.31. The molecule has 1 aromatic carbocycles. The first-order chi connectivity index (χ1) is 14.6. The Morgan fingerprint density at radius 1 is 1.29 bits per heavy atom. The van der Waals surface area contributed by atoms with Crippen LogP contribution in [-0.4, -0.2) is 21.2 Å². The van der Waals surface area contributed by atoms with Gasteiger partial charge in [0.05, 0.1) is 28.0 Å². The molecule has 1 fully saturated rings. The number of nitrogens with zero attached hydrogens (tertiary/aromatic N) is 3. The Morgan fingerprint density at radius 3 is 2.61 bits per heavy atom. The van der Waals surface area contributed by atoms with E-state index >= 15 is 0 Å². The van der Waals surface area contributed by atoms with Gasteiger partial charge in [-0.3, -0.25) is 4.79 Å². The lowest BCUT2D eigenvalue weighted by molar-refractivity contribution is 0.0136. The highest BCUT2D eigenvalue weighted by atomic mass is 19.3. The quantitative estimate of drug-likeness (QED) is 0.556. The second kappa shape index (κ2) is 7.32. The number of hydrogen-bond donors (Lipinski definition) is 1. The molecule has 2 heterocycles. The largest absolute Gasteiger partial charge is 0.363 e. The first-order valence-corrected chi connectivity index (χ1v) is 9.96. The third-order valence-electron chi connectivity index (χ3n) is 5.75. The molecule has 31 heavy (non-hydrogen) atoms. The van der Waals surface area contributed by atoms with Gasteiger partial charge in [0, 0.05) is 24.8 Å². The van der Waals surface area contributed by atoms with Crippen LogP contribution in [0.3, 0.4) is 0 Å². The monoisotopic (exact) mass is 434 g/mol. The van der Waals surface area contributed by atoms with Crippen LogP contribution in [0.4, 0.5) is 23.4 Å². The van der Waals surface area contributed by atoms with Gasteiger partial charge < -0.3 is 9.88 Å². The summed E-state index contributed by atoms with van der Waals surface area (Å²) in [6.07, 6.45) is 2.64. The second-order valence-corrected chi connectivity index (χ2v) is 8.22. The number of aromatic nitrogens is 3. The summed E-state index contributed by atoms with van der Waals surface area (Å²) in [4.78, 5) is 21.2. The van der Waals surface area contributed by atoms with Gasteiger partial charge in [-0.1, -0.05) is 18.2 Å². The van der Waals surface area contributed by atoms with Gasteiger partial charge in [-0.25, -0.2) is 27.5 Å². The van der Waals surface area contributed by atoms with E-state index in [2.05, 4.69) is 15.3 Å². The molecule has 0 radical (unpaired) electrons. The van der Waals surface area contributed by atoms with Crippen molar-refractivity contribution in [2.24, 2.45) is 0 Å². The van der Waals surface area contributed by atoms with Crippen molar-refractivity contribution in [2.45, 2.75) is 51.1 Å². The van der Waals surface area contributed by atoms with Gasteiger partial charge >= 0.3 is 0 Å². The molecule has 1 aliphatic rings. The van der Waals surface area contributed by atoms with Crippen LogP contribution in [0.15, 0.2) is 35.3 Å². The predicted octanol–water partition coefficient (Wildman–Crippen LogP) is 4.98. The minimum absolute atomic E-state index is 0.0548. The van der Waals surface area contributed by atoms with Crippen molar-refractivity contribution in [3.63, 3.8) is 0 Å². The summed E-state index contributed by atoms with van der Waals surface area (Å²) in [5.74, 6) is -3.62. The number of halogens is 4. The molecule has 0 spiro atoms. The van der Waals surface area contributed by atoms with E-state index in [-0.39, 0.29) is 11.1 Å². The van der Waals surface area contributed by atoms with Crippen LogP contribution in [-0.2, 0) is 11.5 Å². The number of rotatable bonds is 6. The molecule has 0 saturated heterocycles. The van der Waals surface area contributed by atoms with Crippen molar-refractivity contribution in [3.05, 3.63) is 63.6 Å². The Labute approximate surface area is 176 Å². The van der Waals surface area contributed by atoms with Crippen LogP contribution in [0.1, 0.15) is 49.7 Å². The topological polar surface area (TPSA) is 59.8 Å². The minimum Gasteiger partial charge on any atom is -0.363 e. The Balaban J connectivity index is 1.78. The van der Waals surface area contributed by atoms with Crippen molar-refractivity contribution in [1.29, 1.82) is 0 Å². The number of anilines is 1. The average molecular weight is 434 g/mol. The fourth-order valence-corrected chi connectivity index (χ4v) is 3.79. The maximum atomic E-state index is 14.8. The first-order valence-electron chi connectivity index (χ1n) is 9.96. The lowest BCUT2D eigenvalue weighted by Gasteiger charge is -2.21. The van der Waals surface area contributed by atoms with E-state index < -0.39 is 35.6 Å². The highest BCUT2D eigenvalue weighted by Gasteiger charge is 2.45. The van der Waals surface area contributed by atoms with Crippen LogP contribution >= 0.6 is 0 Å². The van der Waals surface area contributed by atoms with Crippen molar-refractivity contribution in [1.82, 2.24) is 14.5 Å². The molecule has 2 aromatic heterocycles. The number of benzene rings is 1. The smallest absolute Gasteiger partial charge is 0.273 e. The Hall–Kier alpha value is -2.97. The molecule has 164 valence electrons. The van der Waals surface area contributed by atoms with E-state index in [1.807, 2.05) is 0 Å². The molecule has 3 aromatic rings. The highest BCUT2D eigenvalue weighted by Crippen LogP contribution is 2.43. The van der Waals surface area contributed by atoms with E-state index in [1.54, 1.807) is 13.8 Å². The number of aryl methyl sites for hydroxylation is 1. The summed E-state index contributed by atoms with van der Waals surface area (Å²) >= 11 is 0. The summed E-state index contributed by atoms with van der Waals surface area (Å²) in [6, 6.07) is 4.48. The van der Waals surface area contributed by atoms with Gasteiger partial charge in [0.2, 0.25) is 0 Å². The summed E-state index contributed by atoms with van der Waals surface area (Å²) in [5.41, 5.74) is -1.46. The molecule has 9 heteroatoms. The maximum Gasteiger partial charge on any atom is 0.273 e. The second-order valence-electron chi connectivity index (χ2n) is 8.22. The zero-order valence-electron chi connectivity index (χ0n) is 17.3. The molecule has 1 atom stereocenters. The Kier molecular flexibility index (Phi) is 5.02. The number of nitrogens with one attached hydrogen (secondary N) is 1. The van der Waals surface area contributed by atoms with Crippen molar-refractivity contribution in [3.8, 4) is 0 Å². The molecule has 1 saturated carbocycles. The molecule has 4 rings (SSSR count). The predicted molar refractivity (Wildman–Crippen MR) is 110 cm³/mol. The maximum absolute atomic E-state index is 14.8. The first kappa shape index (κ1) is 21.3. The molecular formula is C22H22F4N4O. The normalized spacial score (nSPS) is 16.4. The molecule has 0 bridgehead atoms. The number of hydrogen-bond acceptors (Lipinski definition) is 4. The zero-order valence-corrected chi connectivity index (χ0v) is 17.3. The molecule has 0 aliphatic heterocycles. The highest BCUT2D eigenvalue weighted by molar-refractivity contribution is 5.88. The third kappa shape index (κ3) is 3.77.